The van der Waals surface area contributed by atoms with Gasteiger partial charge in [-0.15, -0.1) is 0 Å². The molecule has 1 fully saturated rings. The summed E-state index contributed by atoms with van der Waals surface area (Å²) in [4.78, 5) is 14.5. The summed E-state index contributed by atoms with van der Waals surface area (Å²) in [6.45, 7) is 0.732. The molecule has 1 heterocycles. The van der Waals surface area contributed by atoms with Gasteiger partial charge in [-0.25, -0.2) is 0 Å². The van der Waals surface area contributed by atoms with E-state index in [4.69, 9.17) is 9.15 Å². The van der Waals surface area contributed by atoms with E-state index in [2.05, 4.69) is 30.3 Å². The Labute approximate surface area is 143 Å². The fraction of sp³-hybridized carbons (Fsp3) is 0.450. The molecule has 0 saturated heterocycles. The van der Waals surface area contributed by atoms with Gasteiger partial charge in [-0.3, -0.25) is 4.79 Å². The minimum atomic E-state index is 0.0573. The monoisotopic (exact) mass is 327 g/mol. The highest BCUT2D eigenvalue weighted by atomic mass is 16.5. The smallest absolute Gasteiger partial charge is 0.249 e. The molecule has 1 saturated carbocycles. The molecule has 1 amide bonds. The lowest BCUT2D eigenvalue weighted by Crippen LogP contribution is -2.43. The molecule has 2 aromatic rings. The number of rotatable bonds is 6. The molecule has 0 spiro atoms. The van der Waals surface area contributed by atoms with Crippen LogP contribution in [0.25, 0.3) is 0 Å². The number of carbonyl (C=O) groups excluding carboxylic acids is 1. The molecule has 0 bridgehead atoms. The van der Waals surface area contributed by atoms with Crippen LogP contribution < -0.4 is 0 Å². The van der Waals surface area contributed by atoms with E-state index in [9.17, 15) is 4.79 Å². The van der Waals surface area contributed by atoms with E-state index >= 15 is 0 Å². The van der Waals surface area contributed by atoms with Gasteiger partial charge in [0.15, 0.2) is 0 Å². The van der Waals surface area contributed by atoms with E-state index in [0.717, 1.165) is 31.2 Å². The second-order valence-corrected chi connectivity index (χ2v) is 6.50. The Hall–Kier alpha value is -2.07. The minimum Gasteiger partial charge on any atom is -0.472 e. The molecule has 0 aliphatic heterocycles. The second-order valence-electron chi connectivity index (χ2n) is 6.50. The lowest BCUT2D eigenvalue weighted by Gasteiger charge is -2.37. The second kappa shape index (κ2) is 8.15. The lowest BCUT2D eigenvalue weighted by molar-refractivity contribution is -0.139. The summed E-state index contributed by atoms with van der Waals surface area (Å²) < 4.78 is 10.2. The lowest BCUT2D eigenvalue weighted by atomic mass is 9.81. The summed E-state index contributed by atoms with van der Waals surface area (Å²) in [6.07, 6.45) is 7.68. The zero-order valence-corrected chi connectivity index (χ0v) is 14.2. The summed E-state index contributed by atoms with van der Waals surface area (Å²) >= 11 is 0. The van der Waals surface area contributed by atoms with Crippen molar-refractivity contribution in [1.29, 1.82) is 0 Å². The summed E-state index contributed by atoms with van der Waals surface area (Å²) in [5.74, 6) is 0.664. The van der Waals surface area contributed by atoms with E-state index in [0.29, 0.717) is 12.5 Å². The Kier molecular flexibility index (Phi) is 5.70. The maximum absolute atomic E-state index is 12.5. The van der Waals surface area contributed by atoms with Gasteiger partial charge < -0.3 is 14.1 Å². The molecule has 4 heteroatoms. The first-order valence-corrected chi connectivity index (χ1v) is 8.62. The number of amides is 1. The van der Waals surface area contributed by atoms with Crippen molar-refractivity contribution >= 4 is 5.91 Å². The molecule has 0 radical (unpaired) electrons. The number of hydrogen-bond acceptors (Lipinski definition) is 3. The zero-order valence-electron chi connectivity index (χ0n) is 14.2. The van der Waals surface area contributed by atoms with Gasteiger partial charge in [-0.2, -0.15) is 0 Å². The van der Waals surface area contributed by atoms with Crippen LogP contribution in [0.15, 0.2) is 53.3 Å². The van der Waals surface area contributed by atoms with Crippen LogP contribution in [0.1, 0.15) is 42.7 Å². The highest BCUT2D eigenvalue weighted by molar-refractivity contribution is 5.77. The Morgan fingerprint density at radius 1 is 1.17 bits per heavy atom. The molecule has 3 rings (SSSR count). The predicted octanol–water partition coefficient (Wildman–Crippen LogP) is 3.98. The first kappa shape index (κ1) is 16.8. The van der Waals surface area contributed by atoms with Crippen LogP contribution >= 0.6 is 0 Å². The Morgan fingerprint density at radius 2 is 1.92 bits per heavy atom. The fourth-order valence-corrected chi connectivity index (χ4v) is 3.65. The first-order valence-electron chi connectivity index (χ1n) is 8.62. The van der Waals surface area contributed by atoms with Crippen LogP contribution in [0.4, 0.5) is 0 Å². The van der Waals surface area contributed by atoms with Crippen LogP contribution in [-0.2, 0) is 16.1 Å². The molecule has 0 unspecified atom stereocenters. The molecular formula is C20H25NO3. The number of nitrogens with zero attached hydrogens (tertiary/aromatic N) is 1. The van der Waals surface area contributed by atoms with Crippen molar-refractivity contribution in [3.8, 4) is 0 Å². The third kappa shape index (κ3) is 4.06. The van der Waals surface area contributed by atoms with Gasteiger partial charge in [0.25, 0.3) is 0 Å². The molecule has 1 aromatic carbocycles. The standard InChI is InChI=1S/C20H25NO3/c1-23-15-20(22)21(13-16-11-12-24-14-16)19-9-7-18(8-10-19)17-5-3-2-4-6-17/h2-6,11-12,14,18-19H,7-10,13,15H2,1H3. The third-order valence-corrected chi connectivity index (χ3v) is 4.93. The van der Waals surface area contributed by atoms with Gasteiger partial charge in [0.05, 0.1) is 12.5 Å². The quantitative estimate of drug-likeness (QED) is 0.806. The van der Waals surface area contributed by atoms with Crippen molar-refractivity contribution in [2.75, 3.05) is 13.7 Å². The van der Waals surface area contributed by atoms with Crippen LogP contribution in [0.3, 0.4) is 0 Å². The van der Waals surface area contributed by atoms with Crippen LogP contribution in [0.2, 0.25) is 0 Å². The maximum atomic E-state index is 12.5. The topological polar surface area (TPSA) is 42.7 Å². The molecule has 1 aliphatic rings. The molecular weight excluding hydrogens is 302 g/mol. The van der Waals surface area contributed by atoms with Crippen molar-refractivity contribution in [1.82, 2.24) is 4.90 Å². The summed E-state index contributed by atoms with van der Waals surface area (Å²) in [6, 6.07) is 12.9. The van der Waals surface area contributed by atoms with Crippen molar-refractivity contribution in [3.05, 3.63) is 60.1 Å². The molecule has 0 N–H and O–H groups in total. The highest BCUT2D eigenvalue weighted by Gasteiger charge is 2.29. The van der Waals surface area contributed by atoms with E-state index < -0.39 is 0 Å². The first-order chi connectivity index (χ1) is 11.8. The van der Waals surface area contributed by atoms with Gasteiger partial charge in [0, 0.05) is 25.3 Å². The molecule has 1 aliphatic carbocycles. The Balaban J connectivity index is 1.64. The van der Waals surface area contributed by atoms with Crippen molar-refractivity contribution in [2.45, 2.75) is 44.2 Å². The average Bonchev–Trinajstić information content (AvgIpc) is 3.14. The Bertz CT molecular complexity index is 616. The molecule has 4 nitrogen and oxygen atoms in total. The van der Waals surface area contributed by atoms with Crippen LogP contribution in [0, 0.1) is 0 Å². The molecule has 1 aromatic heterocycles. The van der Waals surface area contributed by atoms with Gasteiger partial charge >= 0.3 is 0 Å². The SMILES string of the molecule is COCC(=O)N(Cc1ccoc1)C1CCC(c2ccccc2)CC1. The molecule has 128 valence electrons. The van der Waals surface area contributed by atoms with E-state index in [1.54, 1.807) is 19.6 Å². The van der Waals surface area contributed by atoms with Gasteiger partial charge in [-0.1, -0.05) is 30.3 Å². The van der Waals surface area contributed by atoms with Gasteiger partial charge in [0.1, 0.15) is 6.61 Å². The third-order valence-electron chi connectivity index (χ3n) is 4.93. The van der Waals surface area contributed by atoms with E-state index in [1.807, 2.05) is 11.0 Å². The number of benzene rings is 1. The number of furan rings is 1. The van der Waals surface area contributed by atoms with Crippen molar-refractivity contribution in [2.24, 2.45) is 0 Å². The van der Waals surface area contributed by atoms with E-state index in [1.165, 1.54) is 5.56 Å². The van der Waals surface area contributed by atoms with Crippen molar-refractivity contribution < 1.29 is 13.9 Å². The predicted molar refractivity (Wildman–Crippen MR) is 92.6 cm³/mol. The van der Waals surface area contributed by atoms with Crippen molar-refractivity contribution in [3.63, 3.8) is 0 Å². The molecule has 0 atom stereocenters. The number of hydrogen-bond donors (Lipinski definition) is 0. The fourth-order valence-electron chi connectivity index (χ4n) is 3.65. The van der Waals surface area contributed by atoms with Gasteiger partial charge in [-0.05, 0) is 43.2 Å². The Morgan fingerprint density at radius 3 is 2.54 bits per heavy atom. The van der Waals surface area contributed by atoms with Crippen LogP contribution in [0.5, 0.6) is 0 Å². The summed E-state index contributed by atoms with van der Waals surface area (Å²) in [7, 11) is 1.57. The van der Waals surface area contributed by atoms with Crippen LogP contribution in [-0.4, -0.2) is 30.6 Å². The molecule has 24 heavy (non-hydrogen) atoms. The summed E-state index contributed by atoms with van der Waals surface area (Å²) in [5, 5.41) is 0. The number of ether oxygens (including phenoxy) is 1. The maximum Gasteiger partial charge on any atom is 0.249 e. The minimum absolute atomic E-state index is 0.0573. The zero-order chi connectivity index (χ0) is 16.8. The average molecular weight is 327 g/mol. The normalized spacial score (nSPS) is 20.7. The summed E-state index contributed by atoms with van der Waals surface area (Å²) in [5.41, 5.74) is 2.45. The number of methoxy groups -OCH3 is 1. The largest absolute Gasteiger partial charge is 0.472 e. The van der Waals surface area contributed by atoms with E-state index in [-0.39, 0.29) is 18.6 Å². The van der Waals surface area contributed by atoms with Gasteiger partial charge in [0.2, 0.25) is 5.91 Å². The highest BCUT2D eigenvalue weighted by Crippen LogP contribution is 2.35. The number of carbonyl (C=O) groups is 1.